The van der Waals surface area contributed by atoms with Gasteiger partial charge >= 0.3 is 12.2 Å². The second kappa shape index (κ2) is 11.1. The van der Waals surface area contributed by atoms with E-state index in [0.29, 0.717) is 27.9 Å². The topological polar surface area (TPSA) is 110 Å². The molecule has 2 rings (SSSR count). The Bertz CT molecular complexity index is 956. The highest BCUT2D eigenvalue weighted by Crippen LogP contribution is 2.30. The van der Waals surface area contributed by atoms with E-state index in [0.717, 1.165) is 0 Å². The number of amides is 2. The maximum Gasteiger partial charge on any atom is 0.413 e. The third-order valence-electron chi connectivity index (χ3n) is 3.34. The molecule has 2 aromatic carbocycles. The average Bonchev–Trinajstić information content (AvgIpc) is 2.71. The van der Waals surface area contributed by atoms with Gasteiger partial charge in [0.15, 0.2) is 10.2 Å². The molecule has 0 fully saturated rings. The molecule has 0 aliphatic heterocycles. The van der Waals surface area contributed by atoms with Gasteiger partial charge in [-0.1, -0.05) is 11.6 Å². The lowest BCUT2D eigenvalue weighted by molar-refractivity contribution is 0.176. The standard InChI is InChI=1S/C18H17ClN4O5S2/c1-26-17(24)22-15(29)20-13-8-7-12(28-11-5-3-10(19)4-6-11)9-14(13)21-16(30)23-18(25)27-2/h3-9H,1-2H3,(H2,20,22,24,29)(H2,21,23,25,30). The SMILES string of the molecule is COC(=O)NC(=S)Nc1ccc(Oc2ccc(Cl)cc2)cc1NC(=S)NC(=O)OC. The summed E-state index contributed by atoms with van der Waals surface area (Å²) >= 11 is 16.1. The summed E-state index contributed by atoms with van der Waals surface area (Å²) in [5.74, 6) is 1.02. The van der Waals surface area contributed by atoms with Crippen LogP contribution in [0.1, 0.15) is 0 Å². The fourth-order valence-electron chi connectivity index (χ4n) is 2.03. The van der Waals surface area contributed by atoms with Crippen LogP contribution in [0.3, 0.4) is 0 Å². The Morgan fingerprint density at radius 2 is 1.30 bits per heavy atom. The number of methoxy groups -OCH3 is 2. The molecule has 0 heterocycles. The first-order valence-corrected chi connectivity index (χ1v) is 9.39. The summed E-state index contributed by atoms with van der Waals surface area (Å²) in [6, 6.07) is 11.7. The molecule has 0 spiro atoms. The molecule has 0 radical (unpaired) electrons. The van der Waals surface area contributed by atoms with Crippen LogP contribution in [0.25, 0.3) is 0 Å². The van der Waals surface area contributed by atoms with Gasteiger partial charge in [0.1, 0.15) is 11.5 Å². The summed E-state index contributed by atoms with van der Waals surface area (Å²) < 4.78 is 14.8. The van der Waals surface area contributed by atoms with Crippen LogP contribution in [0, 0.1) is 0 Å². The molecule has 0 atom stereocenters. The number of hydrogen-bond donors (Lipinski definition) is 4. The predicted octanol–water partition coefficient (Wildman–Crippen LogP) is 4.24. The normalized spacial score (nSPS) is 9.70. The molecule has 0 bridgehead atoms. The number of thiocarbonyl (C=S) groups is 2. The minimum Gasteiger partial charge on any atom is -0.457 e. The lowest BCUT2D eigenvalue weighted by Gasteiger charge is -2.17. The molecule has 0 unspecified atom stereocenters. The minimum atomic E-state index is -0.738. The van der Waals surface area contributed by atoms with Crippen LogP contribution >= 0.6 is 36.0 Å². The van der Waals surface area contributed by atoms with Gasteiger partial charge in [0, 0.05) is 11.1 Å². The van der Waals surface area contributed by atoms with Crippen LogP contribution in [0.15, 0.2) is 42.5 Å². The number of nitrogens with one attached hydrogen (secondary N) is 4. The number of rotatable bonds is 4. The number of anilines is 2. The molecule has 2 aromatic rings. The Hall–Kier alpha value is -3.15. The second-order valence-electron chi connectivity index (χ2n) is 5.40. The second-order valence-corrected chi connectivity index (χ2v) is 6.66. The molecule has 158 valence electrons. The highest BCUT2D eigenvalue weighted by Gasteiger charge is 2.12. The van der Waals surface area contributed by atoms with Gasteiger partial charge in [0.05, 0.1) is 25.6 Å². The number of halogens is 1. The lowest BCUT2D eigenvalue weighted by Crippen LogP contribution is -2.35. The lowest BCUT2D eigenvalue weighted by atomic mass is 10.2. The molecule has 0 aliphatic carbocycles. The Morgan fingerprint density at radius 1 is 0.800 bits per heavy atom. The van der Waals surface area contributed by atoms with Crippen molar-refractivity contribution in [2.75, 3.05) is 24.9 Å². The van der Waals surface area contributed by atoms with Crippen molar-refractivity contribution in [3.8, 4) is 11.5 Å². The first-order chi connectivity index (χ1) is 14.3. The van der Waals surface area contributed by atoms with Crippen molar-refractivity contribution in [2.24, 2.45) is 0 Å². The summed E-state index contributed by atoms with van der Waals surface area (Å²) in [5.41, 5.74) is 0.839. The molecule has 9 nitrogen and oxygen atoms in total. The molecule has 0 aliphatic rings. The summed E-state index contributed by atoms with van der Waals surface area (Å²) in [6.45, 7) is 0. The molecule has 4 N–H and O–H groups in total. The number of ether oxygens (including phenoxy) is 3. The van der Waals surface area contributed by atoms with E-state index in [1.807, 2.05) is 0 Å². The van der Waals surface area contributed by atoms with Crippen molar-refractivity contribution >= 4 is 69.8 Å². The van der Waals surface area contributed by atoms with E-state index in [1.54, 1.807) is 42.5 Å². The fourth-order valence-corrected chi connectivity index (χ4v) is 2.55. The van der Waals surface area contributed by atoms with Gasteiger partial charge in [0.25, 0.3) is 0 Å². The quantitative estimate of drug-likeness (QED) is 0.489. The van der Waals surface area contributed by atoms with Crippen molar-refractivity contribution in [3.05, 3.63) is 47.5 Å². The van der Waals surface area contributed by atoms with E-state index in [9.17, 15) is 9.59 Å². The Balaban J connectivity index is 2.24. The van der Waals surface area contributed by atoms with Gasteiger partial charge in [-0.25, -0.2) is 9.59 Å². The van der Waals surface area contributed by atoms with E-state index >= 15 is 0 Å². The number of carbonyl (C=O) groups excluding carboxylic acids is 2. The fraction of sp³-hybridized carbons (Fsp3) is 0.111. The third kappa shape index (κ3) is 7.35. The average molecular weight is 469 g/mol. The first kappa shape index (κ1) is 23.1. The maximum absolute atomic E-state index is 11.4. The van der Waals surface area contributed by atoms with Gasteiger partial charge in [-0.3, -0.25) is 10.6 Å². The van der Waals surface area contributed by atoms with Gasteiger partial charge in [-0.15, -0.1) is 0 Å². The van der Waals surface area contributed by atoms with Crippen molar-refractivity contribution < 1.29 is 23.8 Å². The van der Waals surface area contributed by atoms with E-state index in [2.05, 4.69) is 30.7 Å². The van der Waals surface area contributed by atoms with Crippen molar-refractivity contribution in [3.63, 3.8) is 0 Å². The van der Waals surface area contributed by atoms with Crippen molar-refractivity contribution in [1.29, 1.82) is 0 Å². The third-order valence-corrected chi connectivity index (χ3v) is 4.00. The molecule has 0 saturated carbocycles. The molecular weight excluding hydrogens is 452 g/mol. The molecule has 0 aromatic heterocycles. The van der Waals surface area contributed by atoms with E-state index in [4.69, 9.17) is 40.8 Å². The summed E-state index contributed by atoms with van der Waals surface area (Å²) in [5, 5.41) is 10.9. The minimum absolute atomic E-state index is 0.0110. The van der Waals surface area contributed by atoms with E-state index < -0.39 is 12.2 Å². The Morgan fingerprint density at radius 3 is 1.83 bits per heavy atom. The summed E-state index contributed by atoms with van der Waals surface area (Å²) in [7, 11) is 2.42. The van der Waals surface area contributed by atoms with Crippen LogP contribution < -0.4 is 26.0 Å². The number of alkyl carbamates (subject to hydrolysis) is 2. The molecule has 30 heavy (non-hydrogen) atoms. The van der Waals surface area contributed by atoms with Crippen molar-refractivity contribution in [2.45, 2.75) is 0 Å². The van der Waals surface area contributed by atoms with Gasteiger partial charge in [-0.05, 0) is 60.8 Å². The zero-order valence-corrected chi connectivity index (χ0v) is 18.2. The van der Waals surface area contributed by atoms with Crippen molar-refractivity contribution in [1.82, 2.24) is 10.6 Å². The van der Waals surface area contributed by atoms with Gasteiger partial charge in [-0.2, -0.15) is 0 Å². The molecule has 0 saturated heterocycles. The molecular formula is C18H17ClN4O5S2. The number of hydrogen-bond acceptors (Lipinski definition) is 7. The largest absolute Gasteiger partial charge is 0.457 e. The highest BCUT2D eigenvalue weighted by molar-refractivity contribution is 7.80. The number of benzene rings is 2. The highest BCUT2D eigenvalue weighted by atomic mass is 35.5. The van der Waals surface area contributed by atoms with Crippen LogP contribution in [-0.4, -0.2) is 36.6 Å². The van der Waals surface area contributed by atoms with Crippen LogP contribution in [-0.2, 0) is 9.47 Å². The monoisotopic (exact) mass is 468 g/mol. The maximum atomic E-state index is 11.4. The van der Waals surface area contributed by atoms with Crippen LogP contribution in [0.5, 0.6) is 11.5 Å². The van der Waals surface area contributed by atoms with Gasteiger partial charge < -0.3 is 24.8 Å². The summed E-state index contributed by atoms with van der Waals surface area (Å²) in [6.07, 6.45) is -1.47. The van der Waals surface area contributed by atoms with Gasteiger partial charge in [0.2, 0.25) is 0 Å². The molecule has 12 heteroatoms. The summed E-state index contributed by atoms with van der Waals surface area (Å²) in [4.78, 5) is 22.7. The first-order valence-electron chi connectivity index (χ1n) is 8.20. The predicted molar refractivity (Wildman–Crippen MR) is 121 cm³/mol. The molecule has 2 amide bonds. The number of carbonyl (C=O) groups is 2. The van der Waals surface area contributed by atoms with Crippen LogP contribution in [0.4, 0.5) is 21.0 Å². The zero-order chi connectivity index (χ0) is 22.1. The zero-order valence-electron chi connectivity index (χ0n) is 15.8. The van der Waals surface area contributed by atoms with E-state index in [1.165, 1.54) is 14.2 Å². The Kier molecular flexibility index (Phi) is 8.59. The van der Waals surface area contributed by atoms with Crippen LogP contribution in [0.2, 0.25) is 5.02 Å². The Labute approximate surface area is 188 Å². The van der Waals surface area contributed by atoms with E-state index in [-0.39, 0.29) is 10.2 Å². The smallest absolute Gasteiger partial charge is 0.413 e.